The molecule has 2 heteroatoms. The van der Waals surface area contributed by atoms with Crippen molar-refractivity contribution >= 4 is 5.78 Å². The summed E-state index contributed by atoms with van der Waals surface area (Å²) in [5.41, 5.74) is 2.28. The van der Waals surface area contributed by atoms with Gasteiger partial charge in [-0.05, 0) is 54.7 Å². The summed E-state index contributed by atoms with van der Waals surface area (Å²) >= 11 is 0. The Morgan fingerprint density at radius 2 is 1.81 bits per heavy atom. The summed E-state index contributed by atoms with van der Waals surface area (Å²) < 4.78 is 0. The molecule has 1 aliphatic carbocycles. The highest BCUT2D eigenvalue weighted by Gasteiger charge is 2.20. The monoisotopic (exact) mass is 360 g/mol. The average molecular weight is 361 g/mol. The summed E-state index contributed by atoms with van der Waals surface area (Å²) in [5.74, 6) is 2.24. The fraction of sp³-hybridized carbons (Fsp3) is 0.708. The highest BCUT2D eigenvalue weighted by atomic mass is 16.3. The Kier molecular flexibility index (Phi) is 11.3. The molecule has 2 rings (SSSR count). The molecule has 1 aromatic carbocycles. The summed E-state index contributed by atoms with van der Waals surface area (Å²) in [6.45, 7) is 8.84. The van der Waals surface area contributed by atoms with E-state index in [9.17, 15) is 9.90 Å². The molecule has 2 nitrogen and oxygen atoms in total. The lowest BCUT2D eigenvalue weighted by Crippen LogP contribution is -2.00. The van der Waals surface area contributed by atoms with E-state index in [0.29, 0.717) is 30.3 Å². The quantitative estimate of drug-likeness (QED) is 0.506. The molecule has 0 radical (unpaired) electrons. The van der Waals surface area contributed by atoms with Crippen LogP contribution < -0.4 is 0 Å². The first-order valence-electron chi connectivity index (χ1n) is 10.8. The molecule has 148 valence electrons. The number of phenolic OH excluding ortho intramolecular Hbond substituents is 1. The number of aryl methyl sites for hydroxylation is 1. The van der Waals surface area contributed by atoms with Crippen LogP contribution in [0.2, 0.25) is 0 Å². The highest BCUT2D eigenvalue weighted by Crippen LogP contribution is 2.38. The summed E-state index contributed by atoms with van der Waals surface area (Å²) in [7, 11) is 0. The second kappa shape index (κ2) is 12.9. The summed E-state index contributed by atoms with van der Waals surface area (Å²) in [6, 6.07) is 5.87. The van der Waals surface area contributed by atoms with Crippen LogP contribution in [0, 0.1) is 5.92 Å². The van der Waals surface area contributed by atoms with E-state index in [1.807, 2.05) is 13.0 Å². The van der Waals surface area contributed by atoms with Gasteiger partial charge in [0.1, 0.15) is 11.5 Å². The first-order valence-corrected chi connectivity index (χ1v) is 10.8. The van der Waals surface area contributed by atoms with Crippen LogP contribution >= 0.6 is 0 Å². The molecular weight excluding hydrogens is 320 g/mol. The van der Waals surface area contributed by atoms with E-state index in [4.69, 9.17) is 0 Å². The molecular formula is C24H40O2. The van der Waals surface area contributed by atoms with Crippen molar-refractivity contribution in [1.82, 2.24) is 0 Å². The average Bonchev–Trinajstić information content (AvgIpc) is 3.16. The fourth-order valence-corrected chi connectivity index (χ4v) is 3.71. The van der Waals surface area contributed by atoms with Gasteiger partial charge in [-0.1, -0.05) is 71.9 Å². The topological polar surface area (TPSA) is 37.3 Å². The van der Waals surface area contributed by atoms with Crippen LogP contribution in [0.15, 0.2) is 18.2 Å². The van der Waals surface area contributed by atoms with E-state index in [2.05, 4.69) is 26.8 Å². The highest BCUT2D eigenvalue weighted by molar-refractivity contribution is 5.78. The number of Topliss-reactive ketones (excluding diaryl/α,β-unsaturated/α-hetero) is 1. The van der Waals surface area contributed by atoms with Gasteiger partial charge in [0.25, 0.3) is 0 Å². The standard InChI is InChI=1S/C17H24O2.C7H16/c1-2-5-15(18)10-8-13-9-11-17(19)16(12-13)14-6-3-4-7-14;1-4-6-7(3)5-2/h9,11-12,14,19H,2-8,10H2,1H3;7H,4-6H2,1-3H3. The van der Waals surface area contributed by atoms with Crippen LogP contribution in [0.25, 0.3) is 0 Å². The lowest BCUT2D eigenvalue weighted by Gasteiger charge is -2.13. The van der Waals surface area contributed by atoms with Crippen LogP contribution in [0.5, 0.6) is 5.75 Å². The van der Waals surface area contributed by atoms with Gasteiger partial charge in [0, 0.05) is 12.8 Å². The zero-order chi connectivity index (χ0) is 19.4. The third kappa shape index (κ3) is 8.38. The van der Waals surface area contributed by atoms with E-state index < -0.39 is 0 Å². The zero-order valence-electron chi connectivity index (χ0n) is 17.5. The molecule has 0 aliphatic heterocycles. The molecule has 1 N–H and O–H groups in total. The number of carbonyl (C=O) groups is 1. The third-order valence-corrected chi connectivity index (χ3v) is 5.59. The molecule has 1 aliphatic rings. The molecule has 0 spiro atoms. The number of ketones is 1. The van der Waals surface area contributed by atoms with E-state index in [1.54, 1.807) is 6.07 Å². The zero-order valence-corrected chi connectivity index (χ0v) is 17.5. The van der Waals surface area contributed by atoms with E-state index in [0.717, 1.165) is 24.3 Å². The molecule has 0 saturated heterocycles. The number of phenols is 1. The number of carbonyl (C=O) groups excluding carboxylic acids is 1. The Hall–Kier alpha value is -1.31. The second-order valence-electron chi connectivity index (χ2n) is 7.97. The number of benzene rings is 1. The van der Waals surface area contributed by atoms with Crippen LogP contribution in [-0.4, -0.2) is 10.9 Å². The van der Waals surface area contributed by atoms with E-state index >= 15 is 0 Å². The molecule has 1 fully saturated rings. The first kappa shape index (κ1) is 22.7. The SMILES string of the molecule is CCCC(=O)CCc1ccc(O)c(C2CCCC2)c1.CCCC(C)CC. The van der Waals surface area contributed by atoms with Gasteiger partial charge in [-0.25, -0.2) is 0 Å². The normalized spacial score (nSPS) is 15.4. The van der Waals surface area contributed by atoms with Gasteiger partial charge in [-0.2, -0.15) is 0 Å². The van der Waals surface area contributed by atoms with E-state index in [-0.39, 0.29) is 0 Å². The van der Waals surface area contributed by atoms with E-state index in [1.165, 1.54) is 50.5 Å². The molecule has 0 bridgehead atoms. The van der Waals surface area contributed by atoms with Gasteiger partial charge in [-0.3, -0.25) is 4.79 Å². The van der Waals surface area contributed by atoms with Crippen molar-refractivity contribution < 1.29 is 9.90 Å². The molecule has 0 heterocycles. The van der Waals surface area contributed by atoms with Crippen LogP contribution in [0.1, 0.15) is 109 Å². The maximum atomic E-state index is 11.6. The molecule has 1 aromatic rings. The van der Waals surface area contributed by atoms with Gasteiger partial charge in [-0.15, -0.1) is 0 Å². The maximum absolute atomic E-state index is 11.6. The van der Waals surface area contributed by atoms with Crippen molar-refractivity contribution in [1.29, 1.82) is 0 Å². The van der Waals surface area contributed by atoms with Crippen molar-refractivity contribution in [2.75, 3.05) is 0 Å². The minimum atomic E-state index is 0.345. The largest absolute Gasteiger partial charge is 0.508 e. The molecule has 1 atom stereocenters. The van der Waals surface area contributed by atoms with Gasteiger partial charge >= 0.3 is 0 Å². The maximum Gasteiger partial charge on any atom is 0.133 e. The predicted molar refractivity (Wildman–Crippen MR) is 112 cm³/mol. The fourth-order valence-electron chi connectivity index (χ4n) is 3.71. The Morgan fingerprint density at radius 3 is 2.35 bits per heavy atom. The van der Waals surface area contributed by atoms with Crippen LogP contribution in [0.4, 0.5) is 0 Å². The molecule has 26 heavy (non-hydrogen) atoms. The summed E-state index contributed by atoms with van der Waals surface area (Å²) in [5, 5.41) is 9.99. The number of aromatic hydroxyl groups is 1. The molecule has 1 unspecified atom stereocenters. The summed E-state index contributed by atoms with van der Waals surface area (Å²) in [4.78, 5) is 11.6. The Balaban J connectivity index is 0.000000412. The van der Waals surface area contributed by atoms with Crippen LogP contribution in [0.3, 0.4) is 0 Å². The smallest absolute Gasteiger partial charge is 0.133 e. The van der Waals surface area contributed by atoms with Gasteiger partial charge in [0.2, 0.25) is 0 Å². The van der Waals surface area contributed by atoms with Gasteiger partial charge in [0.05, 0.1) is 0 Å². The lowest BCUT2D eigenvalue weighted by atomic mass is 9.93. The number of hydrogen-bond acceptors (Lipinski definition) is 2. The summed E-state index contributed by atoms with van der Waals surface area (Å²) in [6.07, 6.45) is 12.0. The van der Waals surface area contributed by atoms with Crippen LogP contribution in [-0.2, 0) is 11.2 Å². The van der Waals surface area contributed by atoms with Gasteiger partial charge in [0.15, 0.2) is 0 Å². The van der Waals surface area contributed by atoms with Crippen molar-refractivity contribution in [3.8, 4) is 5.75 Å². The van der Waals surface area contributed by atoms with Crippen molar-refractivity contribution in [3.63, 3.8) is 0 Å². The predicted octanol–water partition coefficient (Wildman–Crippen LogP) is 7.18. The number of hydrogen-bond donors (Lipinski definition) is 1. The molecule has 0 aromatic heterocycles. The van der Waals surface area contributed by atoms with Crippen molar-refractivity contribution in [3.05, 3.63) is 29.3 Å². The first-order chi connectivity index (χ1) is 12.5. The Bertz CT molecular complexity index is 515. The Morgan fingerprint density at radius 1 is 1.12 bits per heavy atom. The second-order valence-corrected chi connectivity index (χ2v) is 7.97. The van der Waals surface area contributed by atoms with Crippen molar-refractivity contribution in [2.45, 2.75) is 104 Å². The minimum absolute atomic E-state index is 0.345. The van der Waals surface area contributed by atoms with Crippen molar-refractivity contribution in [2.24, 2.45) is 5.92 Å². The lowest BCUT2D eigenvalue weighted by molar-refractivity contribution is -0.119. The minimum Gasteiger partial charge on any atom is -0.508 e. The number of rotatable bonds is 9. The molecule has 1 saturated carbocycles. The molecule has 0 amide bonds. The third-order valence-electron chi connectivity index (χ3n) is 5.59. The Labute approximate surface area is 161 Å². The van der Waals surface area contributed by atoms with Gasteiger partial charge < -0.3 is 5.11 Å².